The van der Waals surface area contributed by atoms with Gasteiger partial charge in [-0.1, -0.05) is 42.5 Å². The van der Waals surface area contributed by atoms with Gasteiger partial charge >= 0.3 is 0 Å². The van der Waals surface area contributed by atoms with E-state index in [0.29, 0.717) is 6.04 Å². The lowest BCUT2D eigenvalue weighted by atomic mass is 10.2. The Bertz CT molecular complexity index is 381. The van der Waals surface area contributed by atoms with Crippen molar-refractivity contribution in [2.24, 2.45) is 4.99 Å². The van der Waals surface area contributed by atoms with E-state index in [-0.39, 0.29) is 0 Å². The molecular weight excluding hydrogens is 198 g/mol. The monoisotopic (exact) mass is 215 g/mol. The number of hydrogen-bond donors (Lipinski definition) is 2. The molecule has 0 spiro atoms. The summed E-state index contributed by atoms with van der Waals surface area (Å²) < 4.78 is 0. The standard InChI is InChI=1S/C13H17N3/c1-11-10-15-13(16-11)14-9-5-8-12-6-3-2-4-7-12/h2-8,11H,9-10H2,1H3,(H2,14,15,16)/b8-5+. The van der Waals surface area contributed by atoms with E-state index < -0.39 is 0 Å². The lowest BCUT2D eigenvalue weighted by Crippen LogP contribution is -2.37. The minimum Gasteiger partial charge on any atom is -0.353 e. The molecule has 16 heavy (non-hydrogen) atoms. The first-order valence-corrected chi connectivity index (χ1v) is 5.61. The normalized spacial score (nSPS) is 19.6. The van der Waals surface area contributed by atoms with Crippen molar-refractivity contribution in [2.45, 2.75) is 13.0 Å². The highest BCUT2D eigenvalue weighted by molar-refractivity contribution is 5.81. The SMILES string of the molecule is CC1CN=C(NC/C=C/c2ccccc2)N1. The van der Waals surface area contributed by atoms with E-state index in [0.717, 1.165) is 19.0 Å². The molecule has 0 saturated heterocycles. The minimum atomic E-state index is 0.459. The second-order valence-corrected chi connectivity index (χ2v) is 3.93. The molecule has 0 aromatic heterocycles. The maximum atomic E-state index is 4.32. The van der Waals surface area contributed by atoms with E-state index in [9.17, 15) is 0 Å². The number of aliphatic imine (C=N–C) groups is 1. The van der Waals surface area contributed by atoms with Gasteiger partial charge in [-0.15, -0.1) is 0 Å². The third-order valence-corrected chi connectivity index (χ3v) is 2.40. The molecular formula is C13H17N3. The zero-order valence-corrected chi connectivity index (χ0v) is 9.48. The topological polar surface area (TPSA) is 36.4 Å². The molecule has 1 aromatic rings. The number of guanidine groups is 1. The van der Waals surface area contributed by atoms with Gasteiger partial charge in [-0.2, -0.15) is 0 Å². The molecule has 1 aromatic carbocycles. The van der Waals surface area contributed by atoms with Gasteiger partial charge in [0.05, 0.1) is 6.54 Å². The molecule has 1 aliphatic heterocycles. The largest absolute Gasteiger partial charge is 0.353 e. The van der Waals surface area contributed by atoms with Gasteiger partial charge in [0.15, 0.2) is 5.96 Å². The lowest BCUT2D eigenvalue weighted by molar-refractivity contribution is 0.717. The highest BCUT2D eigenvalue weighted by atomic mass is 15.2. The molecule has 0 saturated carbocycles. The number of nitrogens with one attached hydrogen (secondary N) is 2. The third-order valence-electron chi connectivity index (χ3n) is 2.40. The van der Waals surface area contributed by atoms with Crippen LogP contribution in [0.15, 0.2) is 41.4 Å². The molecule has 1 unspecified atom stereocenters. The summed E-state index contributed by atoms with van der Waals surface area (Å²) in [5.74, 6) is 0.908. The van der Waals surface area contributed by atoms with Crippen molar-refractivity contribution in [3.05, 3.63) is 42.0 Å². The fourth-order valence-corrected chi connectivity index (χ4v) is 1.57. The van der Waals surface area contributed by atoms with Crippen LogP contribution in [0.4, 0.5) is 0 Å². The molecule has 0 fully saturated rings. The Balaban J connectivity index is 1.74. The molecule has 0 bridgehead atoms. The molecule has 1 aliphatic rings. The summed E-state index contributed by atoms with van der Waals surface area (Å²) in [4.78, 5) is 4.32. The second-order valence-electron chi connectivity index (χ2n) is 3.93. The fraction of sp³-hybridized carbons (Fsp3) is 0.308. The maximum Gasteiger partial charge on any atom is 0.191 e. The van der Waals surface area contributed by atoms with Gasteiger partial charge in [-0.25, -0.2) is 0 Å². The van der Waals surface area contributed by atoms with Crippen molar-refractivity contribution in [3.8, 4) is 0 Å². The predicted octanol–water partition coefficient (Wildman–Crippen LogP) is 1.64. The van der Waals surface area contributed by atoms with Crippen molar-refractivity contribution in [3.63, 3.8) is 0 Å². The van der Waals surface area contributed by atoms with Crippen molar-refractivity contribution in [1.29, 1.82) is 0 Å². The van der Waals surface area contributed by atoms with E-state index in [2.05, 4.69) is 46.8 Å². The first-order chi connectivity index (χ1) is 7.84. The summed E-state index contributed by atoms with van der Waals surface area (Å²) in [6, 6.07) is 10.7. The summed E-state index contributed by atoms with van der Waals surface area (Å²) in [5.41, 5.74) is 1.22. The van der Waals surface area contributed by atoms with Gasteiger partial charge in [0, 0.05) is 12.6 Å². The molecule has 3 heteroatoms. The van der Waals surface area contributed by atoms with Crippen LogP contribution >= 0.6 is 0 Å². The van der Waals surface area contributed by atoms with Crippen molar-refractivity contribution >= 4 is 12.0 Å². The number of hydrogen-bond acceptors (Lipinski definition) is 3. The predicted molar refractivity (Wildman–Crippen MR) is 68.4 cm³/mol. The van der Waals surface area contributed by atoms with Gasteiger partial charge in [-0.3, -0.25) is 4.99 Å². The van der Waals surface area contributed by atoms with Crippen LogP contribution < -0.4 is 10.6 Å². The first-order valence-electron chi connectivity index (χ1n) is 5.61. The smallest absolute Gasteiger partial charge is 0.191 e. The Labute approximate surface area is 96.3 Å². The van der Waals surface area contributed by atoms with Gasteiger partial charge in [0.25, 0.3) is 0 Å². The number of benzene rings is 1. The molecule has 0 aliphatic carbocycles. The van der Waals surface area contributed by atoms with Crippen LogP contribution in [-0.2, 0) is 0 Å². The molecule has 84 valence electrons. The fourth-order valence-electron chi connectivity index (χ4n) is 1.57. The van der Waals surface area contributed by atoms with E-state index >= 15 is 0 Å². The van der Waals surface area contributed by atoms with Gasteiger partial charge < -0.3 is 10.6 Å². The summed E-state index contributed by atoms with van der Waals surface area (Å²) >= 11 is 0. The summed E-state index contributed by atoms with van der Waals surface area (Å²) in [7, 11) is 0. The zero-order valence-electron chi connectivity index (χ0n) is 9.48. The van der Waals surface area contributed by atoms with Crippen molar-refractivity contribution in [1.82, 2.24) is 10.6 Å². The van der Waals surface area contributed by atoms with Gasteiger partial charge in [0.1, 0.15) is 0 Å². The summed E-state index contributed by atoms with van der Waals surface area (Å²) in [6.45, 7) is 3.79. The van der Waals surface area contributed by atoms with Crippen LogP contribution in [0.1, 0.15) is 12.5 Å². The minimum absolute atomic E-state index is 0.459. The average molecular weight is 215 g/mol. The molecule has 2 rings (SSSR count). The van der Waals surface area contributed by atoms with E-state index in [4.69, 9.17) is 0 Å². The molecule has 0 amide bonds. The van der Waals surface area contributed by atoms with E-state index in [1.165, 1.54) is 5.56 Å². The highest BCUT2D eigenvalue weighted by Crippen LogP contribution is 2.00. The number of rotatable bonds is 3. The van der Waals surface area contributed by atoms with Gasteiger partial charge in [-0.05, 0) is 12.5 Å². The van der Waals surface area contributed by atoms with Crippen LogP contribution in [0.3, 0.4) is 0 Å². The highest BCUT2D eigenvalue weighted by Gasteiger charge is 2.10. The van der Waals surface area contributed by atoms with Crippen molar-refractivity contribution in [2.75, 3.05) is 13.1 Å². The quantitative estimate of drug-likeness (QED) is 0.804. The summed E-state index contributed by atoms with van der Waals surface area (Å²) in [5, 5.41) is 6.49. The average Bonchev–Trinajstić information content (AvgIpc) is 2.72. The second kappa shape index (κ2) is 5.35. The Morgan fingerprint density at radius 1 is 1.44 bits per heavy atom. The van der Waals surface area contributed by atoms with Crippen LogP contribution in [-0.4, -0.2) is 25.1 Å². The van der Waals surface area contributed by atoms with E-state index in [1.54, 1.807) is 0 Å². The zero-order chi connectivity index (χ0) is 11.2. The lowest BCUT2D eigenvalue weighted by Gasteiger charge is -2.06. The Hall–Kier alpha value is -1.77. The van der Waals surface area contributed by atoms with Crippen LogP contribution in [0, 0.1) is 0 Å². The van der Waals surface area contributed by atoms with Crippen LogP contribution in [0.2, 0.25) is 0 Å². The van der Waals surface area contributed by atoms with E-state index in [1.807, 2.05) is 18.2 Å². The van der Waals surface area contributed by atoms with Gasteiger partial charge in [0.2, 0.25) is 0 Å². The summed E-state index contributed by atoms with van der Waals surface area (Å²) in [6.07, 6.45) is 4.20. The molecule has 1 heterocycles. The maximum absolute atomic E-state index is 4.32. The molecule has 2 N–H and O–H groups in total. The Morgan fingerprint density at radius 3 is 2.94 bits per heavy atom. The Morgan fingerprint density at radius 2 is 2.25 bits per heavy atom. The van der Waals surface area contributed by atoms with Crippen LogP contribution in [0.5, 0.6) is 0 Å². The Kier molecular flexibility index (Phi) is 3.59. The molecule has 0 radical (unpaired) electrons. The molecule has 3 nitrogen and oxygen atoms in total. The number of nitrogens with zero attached hydrogens (tertiary/aromatic N) is 1. The van der Waals surface area contributed by atoms with Crippen molar-refractivity contribution < 1.29 is 0 Å². The first kappa shape index (κ1) is 10.7. The molecule has 1 atom stereocenters. The van der Waals surface area contributed by atoms with Crippen LogP contribution in [0.25, 0.3) is 6.08 Å². The third kappa shape index (κ3) is 3.12.